The summed E-state index contributed by atoms with van der Waals surface area (Å²) in [6, 6.07) is 6.33. The first-order valence-electron chi connectivity index (χ1n) is 10.7. The van der Waals surface area contributed by atoms with Gasteiger partial charge in [0.25, 0.3) is 0 Å². The highest BCUT2D eigenvalue weighted by molar-refractivity contribution is 5.45. The molecule has 2 bridgehead atoms. The molecule has 0 radical (unpaired) electrons. The molecule has 4 rings (SSSR count). The van der Waals surface area contributed by atoms with Gasteiger partial charge in [0.1, 0.15) is 5.75 Å². The summed E-state index contributed by atoms with van der Waals surface area (Å²) >= 11 is 0. The Morgan fingerprint density at radius 3 is 3.09 bits per heavy atom. The lowest BCUT2D eigenvalue weighted by atomic mass is 9.52. The number of fused-ring (bicyclic) bond motifs is 1. The normalized spacial score (nSPS) is 37.9. The highest BCUT2D eigenvalue weighted by atomic mass is 16.5. The van der Waals surface area contributed by atoms with E-state index in [4.69, 9.17) is 10.2 Å². The fourth-order valence-corrected chi connectivity index (χ4v) is 5.28. The second-order valence-corrected chi connectivity index (χ2v) is 7.55. The third kappa shape index (κ3) is 2.11. The van der Waals surface area contributed by atoms with Crippen LogP contribution in [0.1, 0.15) is 62.6 Å². The van der Waals surface area contributed by atoms with Crippen molar-refractivity contribution in [2.45, 2.75) is 69.9 Å². The minimum absolute atomic E-state index is 0.0871. The second kappa shape index (κ2) is 5.26. The highest BCUT2D eigenvalue weighted by Crippen LogP contribution is 2.55. The standard InChI is InChI=1S/C20H29NO/c1-14(2)22-16-8-7-15-12-19-17-6-4-5-9-20(17,18(15)13-16)10-11-21(19)3/h7-8,13-14,17,19H,4-6,9-12H2,1-3H3/t17-,19?,20-/m0/s1/i3D3,14D. The predicted molar refractivity (Wildman–Crippen MR) is 90.6 cm³/mol. The maximum Gasteiger partial charge on any atom is 0.119 e. The van der Waals surface area contributed by atoms with Crippen molar-refractivity contribution in [1.29, 1.82) is 0 Å². The Morgan fingerprint density at radius 1 is 1.36 bits per heavy atom. The number of piperidine rings is 1. The fraction of sp³-hybridized carbons (Fsp3) is 0.700. The van der Waals surface area contributed by atoms with E-state index in [-0.39, 0.29) is 11.5 Å². The molecule has 0 spiro atoms. The van der Waals surface area contributed by atoms with Gasteiger partial charge in [-0.15, -0.1) is 0 Å². The van der Waals surface area contributed by atoms with Crippen molar-refractivity contribution in [3.05, 3.63) is 29.3 Å². The summed E-state index contributed by atoms with van der Waals surface area (Å²) in [5, 5.41) is 0. The number of likely N-dealkylation sites (tertiary alicyclic amines) is 1. The smallest absolute Gasteiger partial charge is 0.119 e. The summed E-state index contributed by atoms with van der Waals surface area (Å²) in [6.45, 7) is 2.13. The van der Waals surface area contributed by atoms with Crippen LogP contribution in [0.5, 0.6) is 5.75 Å². The van der Waals surface area contributed by atoms with Crippen LogP contribution < -0.4 is 4.74 Å². The van der Waals surface area contributed by atoms with E-state index in [0.29, 0.717) is 12.5 Å². The van der Waals surface area contributed by atoms with E-state index in [9.17, 15) is 0 Å². The van der Waals surface area contributed by atoms with Gasteiger partial charge in [0.2, 0.25) is 0 Å². The lowest BCUT2D eigenvalue weighted by Gasteiger charge is -2.58. The van der Waals surface area contributed by atoms with Crippen molar-refractivity contribution in [2.24, 2.45) is 5.92 Å². The van der Waals surface area contributed by atoms with Gasteiger partial charge in [0.15, 0.2) is 0 Å². The van der Waals surface area contributed by atoms with E-state index in [1.807, 2.05) is 6.07 Å². The largest absolute Gasteiger partial charge is 0.491 e. The summed E-state index contributed by atoms with van der Waals surface area (Å²) in [6.07, 6.45) is 5.43. The van der Waals surface area contributed by atoms with E-state index in [1.54, 1.807) is 18.7 Å². The summed E-state index contributed by atoms with van der Waals surface area (Å²) in [4.78, 5) is 1.79. The number of hydrogen-bond acceptors (Lipinski definition) is 2. The number of likely N-dealkylation sites (N-methyl/N-ethyl adjacent to an activating group) is 1. The van der Waals surface area contributed by atoms with Gasteiger partial charge in [-0.3, -0.25) is 0 Å². The van der Waals surface area contributed by atoms with Crippen LogP contribution in [0.4, 0.5) is 0 Å². The zero-order valence-corrected chi connectivity index (χ0v) is 13.7. The van der Waals surface area contributed by atoms with Crippen LogP contribution in [-0.4, -0.2) is 30.5 Å². The molecular weight excluding hydrogens is 270 g/mol. The van der Waals surface area contributed by atoms with Gasteiger partial charge in [-0.05, 0) is 82.2 Å². The molecule has 0 amide bonds. The molecule has 2 aliphatic carbocycles. The third-order valence-corrected chi connectivity index (χ3v) is 6.13. The van der Waals surface area contributed by atoms with Crippen molar-refractivity contribution < 1.29 is 10.2 Å². The molecule has 3 atom stereocenters. The average Bonchev–Trinajstić information content (AvgIpc) is 2.53. The number of hydrogen-bond donors (Lipinski definition) is 0. The van der Waals surface area contributed by atoms with Gasteiger partial charge < -0.3 is 9.64 Å². The van der Waals surface area contributed by atoms with Crippen LogP contribution in [-0.2, 0) is 11.8 Å². The summed E-state index contributed by atoms with van der Waals surface area (Å²) < 4.78 is 37.8. The molecule has 1 unspecified atom stereocenters. The van der Waals surface area contributed by atoms with Crippen molar-refractivity contribution >= 4 is 0 Å². The Hall–Kier alpha value is -1.02. The molecule has 1 saturated carbocycles. The maximum atomic E-state index is 8.03. The topological polar surface area (TPSA) is 12.5 Å². The molecule has 2 fully saturated rings. The lowest BCUT2D eigenvalue weighted by Crippen LogP contribution is -2.59. The molecule has 120 valence electrons. The Bertz CT molecular complexity index is 696. The summed E-state index contributed by atoms with van der Waals surface area (Å²) in [7, 11) is 0. The van der Waals surface area contributed by atoms with Crippen molar-refractivity contribution in [3.63, 3.8) is 0 Å². The monoisotopic (exact) mass is 303 g/mol. The SMILES string of the molecule is [2H]C(C)(C)Oc1ccc2c(c1)[C@]13CCCC[C@H]1C(C2)N(C([2H])([2H])[2H])CC3. The van der Waals surface area contributed by atoms with Crippen LogP contribution in [0, 0.1) is 5.92 Å². The second-order valence-electron chi connectivity index (χ2n) is 7.55. The summed E-state index contributed by atoms with van der Waals surface area (Å²) in [5.41, 5.74) is 2.73. The van der Waals surface area contributed by atoms with E-state index < -0.39 is 13.1 Å². The third-order valence-electron chi connectivity index (χ3n) is 6.13. The van der Waals surface area contributed by atoms with Crippen molar-refractivity contribution in [1.82, 2.24) is 4.90 Å². The molecule has 1 heterocycles. The number of nitrogens with zero attached hydrogens (tertiary/aromatic N) is 1. The van der Waals surface area contributed by atoms with E-state index >= 15 is 0 Å². The van der Waals surface area contributed by atoms with Crippen LogP contribution in [0.3, 0.4) is 0 Å². The Kier molecular flexibility index (Phi) is 2.56. The first-order valence-corrected chi connectivity index (χ1v) is 8.69. The molecule has 1 aliphatic heterocycles. The van der Waals surface area contributed by atoms with E-state index in [1.165, 1.54) is 24.0 Å². The molecule has 1 aromatic carbocycles. The van der Waals surface area contributed by atoms with Gasteiger partial charge in [0.05, 0.1) is 7.45 Å². The maximum absolute atomic E-state index is 8.03. The van der Waals surface area contributed by atoms with Crippen molar-refractivity contribution in [2.75, 3.05) is 13.5 Å². The fourth-order valence-electron chi connectivity index (χ4n) is 5.28. The summed E-state index contributed by atoms with van der Waals surface area (Å²) in [5.74, 6) is 1.18. The Balaban J connectivity index is 1.78. The number of ether oxygens (including phenoxy) is 1. The van der Waals surface area contributed by atoms with Crippen LogP contribution in [0.15, 0.2) is 18.2 Å². The van der Waals surface area contributed by atoms with Crippen molar-refractivity contribution in [3.8, 4) is 5.75 Å². The Morgan fingerprint density at radius 2 is 2.27 bits per heavy atom. The van der Waals surface area contributed by atoms with Gasteiger partial charge in [-0.25, -0.2) is 0 Å². The van der Waals surface area contributed by atoms with Gasteiger partial charge in [0, 0.05) is 15.6 Å². The molecular formula is C20H29NO. The van der Waals surface area contributed by atoms with Crippen LogP contribution in [0.25, 0.3) is 0 Å². The first kappa shape index (κ1) is 10.7. The molecule has 0 N–H and O–H groups in total. The molecule has 2 heteroatoms. The minimum Gasteiger partial charge on any atom is -0.491 e. The Labute approximate surface area is 140 Å². The molecule has 1 aromatic rings. The zero-order chi connectivity index (χ0) is 18.7. The lowest BCUT2D eigenvalue weighted by molar-refractivity contribution is 0.00266. The van der Waals surface area contributed by atoms with Crippen LogP contribution in [0.2, 0.25) is 0 Å². The molecule has 3 aliphatic rings. The van der Waals surface area contributed by atoms with E-state index in [0.717, 1.165) is 31.4 Å². The highest BCUT2D eigenvalue weighted by Gasteiger charge is 2.53. The molecule has 1 saturated heterocycles. The number of rotatable bonds is 2. The average molecular weight is 303 g/mol. The van der Waals surface area contributed by atoms with Gasteiger partial charge in [-0.2, -0.15) is 0 Å². The molecule has 22 heavy (non-hydrogen) atoms. The first-order chi connectivity index (χ1) is 12.1. The molecule has 0 aromatic heterocycles. The number of benzene rings is 1. The quantitative estimate of drug-likeness (QED) is 0.813. The minimum atomic E-state index is -2.01. The van der Waals surface area contributed by atoms with Gasteiger partial charge >= 0.3 is 0 Å². The zero-order valence-electron chi connectivity index (χ0n) is 17.7. The van der Waals surface area contributed by atoms with E-state index in [2.05, 4.69) is 12.1 Å². The molecule has 2 nitrogen and oxygen atoms in total. The van der Waals surface area contributed by atoms with Gasteiger partial charge in [-0.1, -0.05) is 18.9 Å². The predicted octanol–water partition coefficient (Wildman–Crippen LogP) is 4.16. The van der Waals surface area contributed by atoms with Crippen LogP contribution >= 0.6 is 0 Å².